The number of carboxylic acid groups (broad SMARTS) is 1. The van der Waals surface area contributed by atoms with Crippen LogP contribution in [0.4, 0.5) is 0 Å². The third-order valence-corrected chi connectivity index (χ3v) is 9.12. The summed E-state index contributed by atoms with van der Waals surface area (Å²) in [6, 6.07) is 13.0. The molecule has 0 aliphatic carbocycles. The van der Waals surface area contributed by atoms with Gasteiger partial charge in [0.25, 0.3) is 11.1 Å². The first-order chi connectivity index (χ1) is 19.8. The van der Waals surface area contributed by atoms with E-state index in [-0.39, 0.29) is 58.4 Å². The third kappa shape index (κ3) is 5.97. The summed E-state index contributed by atoms with van der Waals surface area (Å²) in [5, 5.41) is 21.9. The van der Waals surface area contributed by atoms with Gasteiger partial charge in [0.15, 0.2) is 5.58 Å². The second-order valence-electron chi connectivity index (χ2n) is 9.68. The average Bonchev–Trinajstić information content (AvgIpc) is 3.54. The molecule has 14 heteroatoms. The number of carboxylic acids is 1. The minimum atomic E-state index is -1.27. The van der Waals surface area contributed by atoms with Crippen molar-refractivity contribution in [1.82, 2.24) is 20.1 Å². The summed E-state index contributed by atoms with van der Waals surface area (Å²) in [6.07, 6.45) is 2.04. The van der Waals surface area contributed by atoms with Gasteiger partial charge in [0.2, 0.25) is 11.8 Å². The number of allylic oxidation sites excluding steroid dienone is 1. The number of amides is 3. The van der Waals surface area contributed by atoms with Gasteiger partial charge in [-0.05, 0) is 47.9 Å². The van der Waals surface area contributed by atoms with Crippen LogP contribution in [-0.4, -0.2) is 108 Å². The molecule has 212 valence electrons. The Balaban J connectivity index is 0.00000353. The van der Waals surface area contributed by atoms with Crippen molar-refractivity contribution >= 4 is 87.9 Å². The Morgan fingerprint density at radius 3 is 2.67 bits per heavy atom. The molecule has 11 nitrogen and oxygen atoms in total. The molecule has 42 heavy (non-hydrogen) atoms. The number of nitrogens with zero attached hydrogens (tertiary/aromatic N) is 3. The van der Waals surface area contributed by atoms with Crippen molar-refractivity contribution in [2.75, 3.05) is 18.1 Å². The summed E-state index contributed by atoms with van der Waals surface area (Å²) in [7, 11) is 0. The van der Waals surface area contributed by atoms with Gasteiger partial charge in [0, 0.05) is 24.4 Å². The fraction of sp³-hybridized carbons (Fsp3) is 0.250. The molecular weight excluding hydrogens is 591 g/mol. The Morgan fingerprint density at radius 1 is 1.17 bits per heavy atom. The standard InChI is InChI=1S/C28H24N4O7S2.Na.H/c33-18-7-5-15(6-8-18)12-31-10-9-16(24(31)35)11-17-13-40-26-22(25(36)32(26)23(17)27(37)38)30-21(34)14-41-28-29-19-3-1-2-4-20(19)39-28;;/h1-8,11,22,26,33H,9-10,12-14H2,(H,30,34)(H,37,38);;/b16-11+;;/t22-,26-;;/m1../s1. The molecule has 0 unspecified atom stereocenters. The SMILES string of the molecule is O=C(CSc1nc2ccccc2o1)N[C@@H]1C(=O)N2C(C(=O)O)=C(/C=C3\CCN(Cc4ccc(O)cc4)C3=O)CS[C@H]12.[NaH]. The van der Waals surface area contributed by atoms with Crippen LogP contribution in [-0.2, 0) is 25.7 Å². The molecule has 3 aliphatic heterocycles. The number of carbonyl (C=O) groups excluding carboxylic acids is 3. The number of rotatable bonds is 8. The first-order valence-corrected chi connectivity index (χ1v) is 14.8. The molecule has 2 fully saturated rings. The fourth-order valence-corrected chi connectivity index (χ4v) is 6.95. The predicted molar refractivity (Wildman–Crippen MR) is 158 cm³/mol. The number of aliphatic carboxylic acids is 1. The van der Waals surface area contributed by atoms with Crippen LogP contribution in [0, 0.1) is 0 Å². The maximum absolute atomic E-state index is 13.0. The van der Waals surface area contributed by atoms with E-state index in [4.69, 9.17) is 4.42 Å². The molecule has 3 aromatic rings. The van der Waals surface area contributed by atoms with Gasteiger partial charge >= 0.3 is 35.5 Å². The normalized spacial score (nSPS) is 20.9. The molecule has 3 amide bonds. The van der Waals surface area contributed by atoms with Gasteiger partial charge in [-0.25, -0.2) is 9.78 Å². The number of hydrogen-bond donors (Lipinski definition) is 3. The van der Waals surface area contributed by atoms with Gasteiger partial charge in [-0.2, -0.15) is 0 Å². The number of likely N-dealkylation sites (tertiary alicyclic amines) is 1. The zero-order chi connectivity index (χ0) is 28.7. The molecular formula is C28H25N4NaO7S2. The van der Waals surface area contributed by atoms with Crippen molar-refractivity contribution in [1.29, 1.82) is 0 Å². The summed E-state index contributed by atoms with van der Waals surface area (Å²) in [6.45, 7) is 0.851. The Kier molecular flexibility index (Phi) is 9.04. The topological polar surface area (TPSA) is 153 Å². The molecule has 1 aromatic heterocycles. The van der Waals surface area contributed by atoms with Crippen LogP contribution in [0.25, 0.3) is 11.1 Å². The van der Waals surface area contributed by atoms with Crippen molar-refractivity contribution < 1.29 is 33.8 Å². The zero-order valence-corrected chi connectivity index (χ0v) is 23.1. The van der Waals surface area contributed by atoms with E-state index in [1.54, 1.807) is 47.4 Å². The number of nitrogens with one attached hydrogen (secondary N) is 1. The summed E-state index contributed by atoms with van der Waals surface area (Å²) in [5.41, 5.74) is 2.86. The monoisotopic (exact) mass is 616 g/mol. The van der Waals surface area contributed by atoms with Crippen molar-refractivity contribution in [2.45, 2.75) is 29.6 Å². The number of hydrogen-bond acceptors (Lipinski definition) is 9. The molecule has 0 saturated carbocycles. The van der Waals surface area contributed by atoms with E-state index in [2.05, 4.69) is 10.3 Å². The van der Waals surface area contributed by atoms with Crippen molar-refractivity contribution in [3.8, 4) is 5.75 Å². The van der Waals surface area contributed by atoms with Gasteiger partial charge in [-0.1, -0.05) is 36.0 Å². The van der Waals surface area contributed by atoms with Gasteiger partial charge < -0.3 is 24.8 Å². The van der Waals surface area contributed by atoms with Gasteiger partial charge in [-0.15, -0.1) is 11.8 Å². The third-order valence-electron chi connectivity index (χ3n) is 6.99. The molecule has 3 aliphatic rings. The van der Waals surface area contributed by atoms with Crippen molar-refractivity contribution in [3.63, 3.8) is 0 Å². The maximum atomic E-state index is 13.0. The van der Waals surface area contributed by atoms with Crippen LogP contribution < -0.4 is 5.32 Å². The first kappa shape index (κ1) is 30.2. The van der Waals surface area contributed by atoms with Crippen LogP contribution in [0.2, 0.25) is 0 Å². The number of aromatic hydroxyl groups is 1. The van der Waals surface area contributed by atoms with E-state index in [1.807, 2.05) is 12.1 Å². The van der Waals surface area contributed by atoms with Crippen LogP contribution in [0.5, 0.6) is 5.75 Å². The number of oxazole rings is 1. The fourth-order valence-electron chi connectivity index (χ4n) is 4.99. The Morgan fingerprint density at radius 2 is 1.93 bits per heavy atom. The van der Waals surface area contributed by atoms with E-state index in [9.17, 15) is 29.4 Å². The Labute approximate surface area is 270 Å². The number of thioether (sulfide) groups is 2. The summed E-state index contributed by atoms with van der Waals surface area (Å²) >= 11 is 2.45. The number of phenolic OH excluding ortho intramolecular Hbond substituents is 1. The van der Waals surface area contributed by atoms with Crippen molar-refractivity contribution in [3.05, 3.63) is 77.0 Å². The Bertz CT molecular complexity index is 1610. The number of β-lactam (4-membered cyclic amide) rings is 1. The van der Waals surface area contributed by atoms with Crippen LogP contribution in [0.3, 0.4) is 0 Å². The van der Waals surface area contributed by atoms with Gasteiger partial charge in [-0.3, -0.25) is 19.3 Å². The Hall–Kier alpha value is -3.23. The molecule has 0 spiro atoms. The molecule has 4 heterocycles. The molecule has 2 aromatic carbocycles. The van der Waals surface area contributed by atoms with E-state index >= 15 is 0 Å². The number of benzene rings is 2. The van der Waals surface area contributed by atoms with Gasteiger partial charge in [0.05, 0.1) is 5.75 Å². The second-order valence-corrected chi connectivity index (χ2v) is 11.7. The molecule has 2 atom stereocenters. The summed E-state index contributed by atoms with van der Waals surface area (Å²) < 4.78 is 5.61. The summed E-state index contributed by atoms with van der Waals surface area (Å²) in [4.78, 5) is 58.1. The van der Waals surface area contributed by atoms with Crippen LogP contribution in [0.1, 0.15) is 12.0 Å². The molecule has 6 rings (SSSR count). The van der Waals surface area contributed by atoms with Gasteiger partial charge in [0.1, 0.15) is 28.4 Å². The number of para-hydroxylation sites is 2. The van der Waals surface area contributed by atoms with Crippen LogP contribution >= 0.6 is 23.5 Å². The molecule has 2 saturated heterocycles. The molecule has 0 radical (unpaired) electrons. The minimum absolute atomic E-state index is 0. The van der Waals surface area contributed by atoms with E-state index < -0.39 is 29.2 Å². The quantitative estimate of drug-likeness (QED) is 0.148. The molecule has 0 bridgehead atoms. The number of fused-ring (bicyclic) bond motifs is 2. The number of carbonyl (C=O) groups is 4. The predicted octanol–water partition coefficient (Wildman–Crippen LogP) is 2.07. The van der Waals surface area contributed by atoms with E-state index in [1.165, 1.54) is 16.7 Å². The number of aromatic nitrogens is 1. The second kappa shape index (κ2) is 12.6. The van der Waals surface area contributed by atoms with E-state index in [0.29, 0.717) is 47.0 Å². The zero-order valence-electron chi connectivity index (χ0n) is 21.5. The summed E-state index contributed by atoms with van der Waals surface area (Å²) in [5.74, 6) is -1.97. The number of phenols is 1. The first-order valence-electron chi connectivity index (χ1n) is 12.7. The molecule has 3 N–H and O–H groups in total. The van der Waals surface area contributed by atoms with Crippen molar-refractivity contribution in [2.24, 2.45) is 0 Å². The van der Waals surface area contributed by atoms with Crippen LogP contribution in [0.15, 0.2) is 81.1 Å². The van der Waals surface area contributed by atoms with E-state index in [0.717, 1.165) is 17.3 Å². The average molecular weight is 617 g/mol.